The van der Waals surface area contributed by atoms with Crippen LogP contribution in [0.4, 0.5) is 0 Å². The first-order chi connectivity index (χ1) is 14.8. The van der Waals surface area contributed by atoms with Gasteiger partial charge in [-0.3, -0.25) is 4.79 Å². The molecule has 0 aromatic rings. The van der Waals surface area contributed by atoms with Crippen molar-refractivity contribution in [2.45, 2.75) is 82.6 Å². The first-order valence-electron chi connectivity index (χ1n) is 12.3. The van der Waals surface area contributed by atoms with Crippen molar-refractivity contribution in [1.82, 2.24) is 0 Å². The fraction of sp³-hybridized carbons (Fsp3) is 0.880. The Bertz CT molecular complexity index is 869. The highest BCUT2D eigenvalue weighted by atomic mass is 16.8. The summed E-state index contributed by atoms with van der Waals surface area (Å²) in [6.07, 6.45) is 7.90. The van der Waals surface area contributed by atoms with Gasteiger partial charge in [-0.05, 0) is 55.9 Å². The van der Waals surface area contributed by atoms with E-state index in [0.29, 0.717) is 50.5 Å². The second-order valence-corrected chi connectivity index (χ2v) is 11.7. The van der Waals surface area contributed by atoms with E-state index in [4.69, 9.17) is 23.7 Å². The number of hydrogen-bond acceptors (Lipinski definition) is 6. The molecular weight excluding hydrogens is 396 g/mol. The first kappa shape index (κ1) is 19.7. The molecule has 0 aromatic carbocycles. The lowest BCUT2D eigenvalue weighted by Gasteiger charge is -2.59. The standard InChI is InChI=1S/C25H34O6/c1-21-6-7-24(29-10-11-30-24)13-15(21)4-5-16-17-12-19-25(31-19,23(3)27-8-9-28-23)22(17,2)14-18(26)20(16)21/h13,16-17,19-20H,4-12,14H2,1-3H3. The van der Waals surface area contributed by atoms with E-state index in [1.54, 1.807) is 0 Å². The van der Waals surface area contributed by atoms with Crippen molar-refractivity contribution in [2.75, 3.05) is 26.4 Å². The third-order valence-corrected chi connectivity index (χ3v) is 10.5. The molecule has 7 unspecified atom stereocenters. The molecule has 3 aliphatic heterocycles. The Morgan fingerprint density at radius 2 is 1.68 bits per heavy atom. The van der Waals surface area contributed by atoms with Gasteiger partial charge in [-0.2, -0.15) is 0 Å². The summed E-state index contributed by atoms with van der Waals surface area (Å²) in [6.45, 7) is 9.20. The quantitative estimate of drug-likeness (QED) is 0.469. The summed E-state index contributed by atoms with van der Waals surface area (Å²) in [5.74, 6) is 0.131. The van der Waals surface area contributed by atoms with Crippen LogP contribution in [0.3, 0.4) is 0 Å². The summed E-state index contributed by atoms with van der Waals surface area (Å²) in [4.78, 5) is 13.9. The number of carbonyl (C=O) groups excluding carboxylic acids is 1. The predicted molar refractivity (Wildman–Crippen MR) is 110 cm³/mol. The number of carbonyl (C=O) groups is 1. The maximum atomic E-state index is 13.9. The number of fused-ring (bicyclic) bond motifs is 7. The zero-order valence-corrected chi connectivity index (χ0v) is 18.9. The molecule has 3 heterocycles. The highest BCUT2D eigenvalue weighted by Crippen LogP contribution is 2.76. The lowest BCUT2D eigenvalue weighted by atomic mass is 9.45. The number of hydrogen-bond donors (Lipinski definition) is 0. The van der Waals surface area contributed by atoms with Crippen molar-refractivity contribution >= 4 is 5.78 Å². The van der Waals surface area contributed by atoms with Crippen LogP contribution in [-0.2, 0) is 28.5 Å². The van der Waals surface area contributed by atoms with E-state index in [1.165, 1.54) is 5.57 Å². The van der Waals surface area contributed by atoms with Crippen LogP contribution in [0.15, 0.2) is 11.6 Å². The number of ketones is 1. The van der Waals surface area contributed by atoms with Crippen LogP contribution in [-0.4, -0.2) is 55.5 Å². The van der Waals surface area contributed by atoms with Crippen LogP contribution < -0.4 is 0 Å². The maximum Gasteiger partial charge on any atom is 0.198 e. The molecule has 3 saturated carbocycles. The Balaban J connectivity index is 1.25. The van der Waals surface area contributed by atoms with Gasteiger partial charge in [0.1, 0.15) is 5.78 Å². The molecule has 31 heavy (non-hydrogen) atoms. The van der Waals surface area contributed by atoms with Gasteiger partial charge in [0.25, 0.3) is 0 Å². The molecule has 3 saturated heterocycles. The fourth-order valence-electron chi connectivity index (χ4n) is 9.20. The maximum absolute atomic E-state index is 13.9. The Labute approximate surface area is 183 Å². The van der Waals surface area contributed by atoms with E-state index in [0.717, 1.165) is 32.1 Å². The number of Topliss-reactive ketones (excluding diaryl/α,β-unsaturated/α-hetero) is 1. The number of allylic oxidation sites excluding steroid dienone is 1. The molecule has 7 rings (SSSR count). The fourth-order valence-corrected chi connectivity index (χ4v) is 9.20. The summed E-state index contributed by atoms with van der Waals surface area (Å²) in [5.41, 5.74) is 0.621. The van der Waals surface area contributed by atoms with E-state index in [2.05, 4.69) is 19.9 Å². The molecule has 6 fully saturated rings. The van der Waals surface area contributed by atoms with Crippen molar-refractivity contribution in [3.05, 3.63) is 11.6 Å². The molecule has 0 amide bonds. The smallest absolute Gasteiger partial charge is 0.198 e. The van der Waals surface area contributed by atoms with Gasteiger partial charge >= 0.3 is 0 Å². The molecule has 6 nitrogen and oxygen atoms in total. The third kappa shape index (κ3) is 2.15. The summed E-state index contributed by atoms with van der Waals surface area (Å²) in [7, 11) is 0. The van der Waals surface area contributed by atoms with Crippen molar-refractivity contribution in [3.8, 4) is 0 Å². The minimum Gasteiger partial charge on any atom is -0.360 e. The lowest BCUT2D eigenvalue weighted by Crippen LogP contribution is -2.62. The number of rotatable bonds is 1. The van der Waals surface area contributed by atoms with Crippen molar-refractivity contribution in [1.29, 1.82) is 0 Å². The molecule has 0 N–H and O–H groups in total. The second kappa shape index (κ2) is 5.82. The van der Waals surface area contributed by atoms with Gasteiger partial charge in [0.2, 0.25) is 0 Å². The van der Waals surface area contributed by atoms with Crippen LogP contribution in [0, 0.1) is 28.6 Å². The first-order valence-corrected chi connectivity index (χ1v) is 12.3. The highest BCUT2D eigenvalue weighted by molar-refractivity contribution is 5.85. The second-order valence-electron chi connectivity index (χ2n) is 11.7. The van der Waals surface area contributed by atoms with Crippen molar-refractivity contribution in [3.63, 3.8) is 0 Å². The van der Waals surface area contributed by atoms with E-state index >= 15 is 0 Å². The van der Waals surface area contributed by atoms with Gasteiger partial charge in [-0.15, -0.1) is 0 Å². The molecule has 1 spiro atoms. The van der Waals surface area contributed by atoms with Gasteiger partial charge < -0.3 is 23.7 Å². The van der Waals surface area contributed by atoms with Crippen LogP contribution >= 0.6 is 0 Å². The van der Waals surface area contributed by atoms with E-state index in [1.807, 2.05) is 6.92 Å². The van der Waals surface area contributed by atoms with Gasteiger partial charge in [-0.25, -0.2) is 0 Å². The Kier molecular flexibility index (Phi) is 3.69. The Morgan fingerprint density at radius 1 is 0.968 bits per heavy atom. The average Bonchev–Trinajstić information content (AvgIpc) is 3.00. The van der Waals surface area contributed by atoms with Crippen LogP contribution in [0.5, 0.6) is 0 Å². The van der Waals surface area contributed by atoms with Crippen LogP contribution in [0.1, 0.15) is 59.3 Å². The lowest BCUT2D eigenvalue weighted by molar-refractivity contribution is -0.233. The summed E-state index contributed by atoms with van der Waals surface area (Å²) in [6, 6.07) is 0. The molecule has 0 bridgehead atoms. The van der Waals surface area contributed by atoms with E-state index in [9.17, 15) is 4.79 Å². The molecule has 4 aliphatic carbocycles. The van der Waals surface area contributed by atoms with E-state index < -0.39 is 17.2 Å². The normalized spacial score (nSPS) is 53.5. The minimum atomic E-state index is -0.730. The van der Waals surface area contributed by atoms with Crippen molar-refractivity contribution < 1.29 is 28.5 Å². The zero-order chi connectivity index (χ0) is 21.3. The Hall–Kier alpha value is -0.790. The number of ether oxygens (including phenoxy) is 5. The monoisotopic (exact) mass is 430 g/mol. The summed E-state index contributed by atoms with van der Waals surface area (Å²) < 4.78 is 30.6. The number of epoxide rings is 1. The molecule has 7 atom stereocenters. The molecule has 0 radical (unpaired) electrons. The molecule has 7 aliphatic rings. The van der Waals surface area contributed by atoms with Crippen molar-refractivity contribution in [2.24, 2.45) is 28.6 Å². The topological polar surface area (TPSA) is 66.5 Å². The minimum absolute atomic E-state index is 0.0764. The SMILES string of the molecule is CC12CCC3(C=C1CCC1C2C(=O)CC2(C)C1CC1OC12C1(C)OCCO1)OCCO3. The molecular formula is C25H34O6. The van der Waals surface area contributed by atoms with Crippen LogP contribution in [0.2, 0.25) is 0 Å². The zero-order valence-electron chi connectivity index (χ0n) is 18.9. The molecule has 0 aromatic heterocycles. The summed E-state index contributed by atoms with van der Waals surface area (Å²) in [5, 5.41) is 0. The average molecular weight is 431 g/mol. The van der Waals surface area contributed by atoms with Gasteiger partial charge in [0.15, 0.2) is 17.2 Å². The summed E-state index contributed by atoms with van der Waals surface area (Å²) >= 11 is 0. The Morgan fingerprint density at radius 3 is 2.42 bits per heavy atom. The predicted octanol–water partition coefficient (Wildman–Crippen LogP) is 3.38. The molecule has 170 valence electrons. The third-order valence-electron chi connectivity index (χ3n) is 10.5. The highest BCUT2D eigenvalue weighted by Gasteiger charge is 2.85. The van der Waals surface area contributed by atoms with E-state index in [-0.39, 0.29) is 22.9 Å². The van der Waals surface area contributed by atoms with Gasteiger partial charge in [0, 0.05) is 24.2 Å². The van der Waals surface area contributed by atoms with Gasteiger partial charge in [0.05, 0.1) is 32.5 Å². The largest absolute Gasteiger partial charge is 0.360 e. The van der Waals surface area contributed by atoms with Crippen LogP contribution in [0.25, 0.3) is 0 Å². The molecule has 6 heteroatoms. The van der Waals surface area contributed by atoms with Gasteiger partial charge in [-0.1, -0.05) is 19.4 Å².